The van der Waals surface area contributed by atoms with Gasteiger partial charge in [-0.3, -0.25) is 24.0 Å². The van der Waals surface area contributed by atoms with Crippen molar-refractivity contribution in [2.45, 2.75) is 119 Å². The minimum atomic E-state index is -0.434. The number of hydrogen-bond donors (Lipinski definition) is 4. The SMILES string of the molecule is C=C(C)C(=O)NCCC[N+](C)(C)C.C=C(C)C(=O)NCC[N+](C)(C)C.C=C(C)C(=O)OCCC[N+](C)(C)C.C=CC(=O)NCCC[N+](C)(C)C.C=CC(=O)NCC[N+](C)(C)C.C=CC(=O)OCCC[N+](C)(C)C.CC[N+](CC)(CC)CCOCc1ccccc1.C[N+](C)(C)CCOC(=O)COC(=O)C12CC3CC(CC(C3)C1)C2.C[N+](C)(C)CCOCc1ccccc1. The van der Waals surface area contributed by atoms with Crippen molar-refractivity contribution < 1.29 is 107 Å². The van der Waals surface area contributed by atoms with E-state index in [1.165, 1.54) is 68.3 Å². The quantitative estimate of drug-likeness (QED) is 0.0159. The summed E-state index contributed by atoms with van der Waals surface area (Å²) in [6.07, 6.45) is 14.3. The largest absolute Gasteiger partial charge is 0.462 e. The number of carbonyl (C=O) groups is 8. The van der Waals surface area contributed by atoms with Gasteiger partial charge in [0.25, 0.3) is 0 Å². The Bertz CT molecular complexity index is 3330. The van der Waals surface area contributed by atoms with E-state index in [-0.39, 0.29) is 53.6 Å². The maximum atomic E-state index is 12.6. The van der Waals surface area contributed by atoms with Crippen molar-refractivity contribution in [3.8, 4) is 0 Å². The summed E-state index contributed by atoms with van der Waals surface area (Å²) in [5.41, 5.74) is 3.81. The molecule has 4 saturated carbocycles. The molecular weight excluding hydrogens is 1610 g/mol. The molecule has 27 heteroatoms. The lowest BCUT2D eigenvalue weighted by atomic mass is 9.49. The van der Waals surface area contributed by atoms with Crippen LogP contribution in [0.25, 0.3) is 0 Å². The molecule has 4 aliphatic carbocycles. The maximum Gasteiger partial charge on any atom is 0.344 e. The highest BCUT2D eigenvalue weighted by molar-refractivity contribution is 5.92. The molecule has 4 bridgehead atoms. The average Bonchev–Trinajstić information content (AvgIpc) is 0.742. The Morgan fingerprint density at radius 1 is 0.370 bits per heavy atom. The van der Waals surface area contributed by atoms with E-state index in [1.54, 1.807) is 20.8 Å². The summed E-state index contributed by atoms with van der Waals surface area (Å²) >= 11 is 0. The van der Waals surface area contributed by atoms with Crippen molar-refractivity contribution in [2.75, 3.05) is 314 Å². The zero-order valence-electron chi connectivity index (χ0n) is 86.3. The van der Waals surface area contributed by atoms with Gasteiger partial charge in [-0.05, 0) is 121 Å². The van der Waals surface area contributed by atoms with Crippen LogP contribution in [0.4, 0.5) is 0 Å². The lowest BCUT2D eigenvalue weighted by Crippen LogP contribution is -2.50. The van der Waals surface area contributed by atoms with E-state index < -0.39 is 5.97 Å². The fourth-order valence-corrected chi connectivity index (χ4v) is 13.0. The van der Waals surface area contributed by atoms with E-state index >= 15 is 0 Å². The molecule has 0 atom stereocenters. The number of quaternary nitrogens is 9. The summed E-state index contributed by atoms with van der Waals surface area (Å²) in [6, 6.07) is 20.7. The second-order valence-electron chi connectivity index (χ2n) is 42.0. The molecule has 0 aliphatic heterocycles. The normalized spacial score (nSPS) is 15.5. The Hall–Kier alpha value is -7.80. The molecule has 4 N–H and O–H groups in total. The number of nitrogens with one attached hydrogen (secondary N) is 4. The minimum Gasteiger partial charge on any atom is -0.462 e. The second kappa shape index (κ2) is 65.7. The third-order valence-electron chi connectivity index (χ3n) is 20.5. The standard InChI is InChI=1S/C18H30NO4.C15H26NO.C12H20NO.C10H20N2O.C10H20NO2.2C9H18N2O.C9H18NO2.C8H16N2O/c1-19(2,3)4-5-22-16(20)12-23-17(21)18-9-13-6-14(10-18)8-15(7-13)11-18;1-4-16(5-2,6-3)12-13-17-14-15-10-8-7-9-11-15;1-13(2,3)9-10-14-11-12-7-5-4-6-8-12;1-9(2)10(13)11-7-6-8-12(3,4)5;1-9(2)10(12)13-8-6-7-11(3,4)5;1-8(2)9(12)10-6-7-11(3,4)5;1-5-9(12)10-7-6-8-11(2,3)4;1-5-9(11)12-8-6-7-10(2,3)4;1-5-8(11)9-6-7-10(2,3)4/h13-15H,4-12H2,1-3H3;7-11H,4-6,12-14H2,1-3H3;4-8H,9-11H2,1-3H3;2*1,6-8H2,2-5H3;1,6-7H2,2-5H3;2*5H,1,6-8H2,2-4H3;5H,1,6-7H2,2-4H3/q3*+1;;+1;;;+1;/p+4. The molecule has 4 aliphatic rings. The molecule has 0 unspecified atom stereocenters. The van der Waals surface area contributed by atoms with Crippen molar-refractivity contribution in [2.24, 2.45) is 23.2 Å². The molecule has 2 aromatic carbocycles. The average molecular weight is 1800 g/mol. The third kappa shape index (κ3) is 78.9. The van der Waals surface area contributed by atoms with Gasteiger partial charge in [-0.25, -0.2) is 14.4 Å². The van der Waals surface area contributed by atoms with Crippen LogP contribution in [-0.4, -0.2) is 401 Å². The number of hydrogen-bond acceptors (Lipinski definition) is 14. The highest BCUT2D eigenvalue weighted by Gasteiger charge is 2.55. The molecule has 0 heterocycles. The van der Waals surface area contributed by atoms with E-state index in [0.717, 1.165) is 184 Å². The zero-order valence-corrected chi connectivity index (χ0v) is 86.3. The van der Waals surface area contributed by atoms with Crippen LogP contribution in [0.3, 0.4) is 0 Å². The topological polar surface area (TPSA) is 240 Å². The Labute approximate surface area is 773 Å². The van der Waals surface area contributed by atoms with E-state index in [1.807, 2.05) is 45.4 Å². The van der Waals surface area contributed by atoms with Gasteiger partial charge in [-0.2, -0.15) is 0 Å². The summed E-state index contributed by atoms with van der Waals surface area (Å²) < 4.78 is 39.8. The van der Waals surface area contributed by atoms with E-state index in [4.69, 9.17) is 28.4 Å². The van der Waals surface area contributed by atoms with Gasteiger partial charge in [0, 0.05) is 61.6 Å². The zero-order chi connectivity index (χ0) is 98.5. The predicted molar refractivity (Wildman–Crippen MR) is 522 cm³/mol. The van der Waals surface area contributed by atoms with Crippen LogP contribution in [-0.2, 0) is 80.0 Å². The molecule has 4 fully saturated rings. The van der Waals surface area contributed by atoms with Crippen LogP contribution >= 0.6 is 0 Å². The van der Waals surface area contributed by atoms with Crippen LogP contribution in [0.5, 0.6) is 0 Å². The number of rotatable bonds is 47. The summed E-state index contributed by atoms with van der Waals surface area (Å²) in [7, 11) is 50.6. The predicted octanol–water partition coefficient (Wildman–Crippen LogP) is 10.5. The van der Waals surface area contributed by atoms with E-state index in [2.05, 4.69) is 266 Å². The first kappa shape index (κ1) is 125. The molecule has 6 rings (SSSR count). The van der Waals surface area contributed by atoms with E-state index in [0.29, 0.717) is 67.4 Å². The van der Waals surface area contributed by atoms with Crippen LogP contribution in [0, 0.1) is 23.2 Å². The van der Waals surface area contributed by atoms with Gasteiger partial charge in [0.1, 0.15) is 26.2 Å². The lowest BCUT2D eigenvalue weighted by Gasteiger charge is -2.55. The van der Waals surface area contributed by atoms with Gasteiger partial charge in [0.15, 0.2) is 6.61 Å². The number of ether oxygens (including phenoxy) is 6. The smallest absolute Gasteiger partial charge is 0.344 e. The molecule has 0 saturated heterocycles. The van der Waals surface area contributed by atoms with Gasteiger partial charge >= 0.3 is 23.9 Å². The van der Waals surface area contributed by atoms with E-state index in [9.17, 15) is 38.4 Å². The number of benzene rings is 2. The maximum absolute atomic E-state index is 12.6. The Balaban J connectivity index is -0.000000678. The highest BCUT2D eigenvalue weighted by atomic mass is 16.6. The summed E-state index contributed by atoms with van der Waals surface area (Å²) in [5, 5.41) is 11.0. The molecule has 27 nitrogen and oxygen atoms in total. The number of likely N-dealkylation sites (N-methyl/N-ethyl adjacent to an activating group) is 5. The minimum absolute atomic E-state index is 0.0404. The first-order chi connectivity index (χ1) is 58.4. The summed E-state index contributed by atoms with van der Waals surface area (Å²) in [6.45, 7) is 52.2. The molecule has 4 amide bonds. The Morgan fingerprint density at radius 2 is 0.693 bits per heavy atom. The second-order valence-corrected chi connectivity index (χ2v) is 42.0. The third-order valence-corrected chi connectivity index (χ3v) is 20.5. The van der Waals surface area contributed by atoms with Crippen molar-refractivity contribution in [1.82, 2.24) is 21.3 Å². The van der Waals surface area contributed by atoms with Gasteiger partial charge < -0.3 is 90.0 Å². The number of amides is 4. The highest BCUT2D eigenvalue weighted by Crippen LogP contribution is 2.60. The van der Waals surface area contributed by atoms with Crippen molar-refractivity contribution in [3.05, 3.63) is 146 Å². The van der Waals surface area contributed by atoms with Crippen molar-refractivity contribution >= 4 is 47.5 Å². The van der Waals surface area contributed by atoms with Crippen LogP contribution in [0.2, 0.25) is 0 Å². The molecule has 0 radical (unpaired) electrons. The Morgan fingerprint density at radius 3 is 1.03 bits per heavy atom. The molecule has 730 valence electrons. The molecule has 2 aromatic rings. The fourth-order valence-electron chi connectivity index (χ4n) is 13.0. The monoisotopic (exact) mass is 1800 g/mol. The Kier molecular flexibility index (Phi) is 64.9. The molecular formula is C100H190N13O14+9. The van der Waals surface area contributed by atoms with Crippen LogP contribution in [0.15, 0.2) is 135 Å². The van der Waals surface area contributed by atoms with Crippen molar-refractivity contribution in [3.63, 3.8) is 0 Å². The lowest BCUT2D eigenvalue weighted by molar-refractivity contribution is -0.923. The van der Waals surface area contributed by atoms with Gasteiger partial charge in [0.05, 0.1) is 286 Å². The summed E-state index contributed by atoms with van der Waals surface area (Å²) in [4.78, 5) is 89.3. The first-order valence-corrected chi connectivity index (χ1v) is 45.6. The van der Waals surface area contributed by atoms with Crippen molar-refractivity contribution in [1.29, 1.82) is 0 Å². The molecule has 127 heavy (non-hydrogen) atoms. The number of carbonyl (C=O) groups excluding carboxylic acids is 8. The van der Waals surface area contributed by atoms with Crippen LogP contribution < -0.4 is 21.3 Å². The number of esters is 4. The summed E-state index contributed by atoms with van der Waals surface area (Å²) in [5.74, 6) is 0.607. The van der Waals surface area contributed by atoms with Gasteiger partial charge in [0.2, 0.25) is 23.6 Å². The van der Waals surface area contributed by atoms with Crippen LogP contribution in [0.1, 0.15) is 117 Å². The molecule has 0 aromatic heterocycles. The fraction of sp³-hybridized carbons (Fsp3) is 0.680. The molecule has 0 spiro atoms. The first-order valence-electron chi connectivity index (χ1n) is 45.6. The number of nitrogens with zero attached hydrogens (tertiary/aromatic N) is 9. The van der Waals surface area contributed by atoms with Gasteiger partial charge in [-0.1, -0.05) is 100 Å². The van der Waals surface area contributed by atoms with Gasteiger partial charge in [-0.15, -0.1) is 0 Å².